The zero-order chi connectivity index (χ0) is 13.8. The van der Waals surface area contributed by atoms with Crippen molar-refractivity contribution in [2.75, 3.05) is 24.4 Å². The molecule has 0 aromatic rings. The predicted molar refractivity (Wildman–Crippen MR) is 77.9 cm³/mol. The number of aliphatic hydroxyl groups excluding tert-OH is 1. The molecule has 1 aliphatic rings. The quantitative estimate of drug-likeness (QED) is 0.735. The van der Waals surface area contributed by atoms with Crippen LogP contribution in [0.1, 0.15) is 33.1 Å². The molecule has 2 atom stereocenters. The van der Waals surface area contributed by atoms with Gasteiger partial charge in [-0.3, -0.25) is 0 Å². The number of thioether (sulfide) groups is 1. The van der Waals surface area contributed by atoms with Gasteiger partial charge in [0.15, 0.2) is 0 Å². The van der Waals surface area contributed by atoms with E-state index in [0.29, 0.717) is 17.0 Å². The molecule has 0 saturated heterocycles. The van der Waals surface area contributed by atoms with Crippen LogP contribution < -0.4 is 5.32 Å². The molecule has 108 valence electrons. The molecule has 4 nitrogen and oxygen atoms in total. The van der Waals surface area contributed by atoms with Crippen LogP contribution in [0.4, 0.5) is 0 Å². The minimum atomic E-state index is -2.85. The van der Waals surface area contributed by atoms with E-state index in [4.69, 9.17) is 0 Å². The summed E-state index contributed by atoms with van der Waals surface area (Å²) in [7, 11) is -2.85. The van der Waals surface area contributed by atoms with Gasteiger partial charge in [0.2, 0.25) is 0 Å². The first-order valence-electron chi connectivity index (χ1n) is 6.44. The standard InChI is InChI=1S/C12H25NO3S2/c1-10(2)13-12(9-14)5-4-11(8-12)17-6-7-18(3,15)16/h10-11,13-14H,4-9H2,1-3H3. The summed E-state index contributed by atoms with van der Waals surface area (Å²) >= 11 is 1.73. The molecule has 0 aromatic carbocycles. The zero-order valence-electron chi connectivity index (χ0n) is 11.5. The lowest BCUT2D eigenvalue weighted by atomic mass is 9.98. The van der Waals surface area contributed by atoms with Crippen LogP contribution in [0, 0.1) is 0 Å². The van der Waals surface area contributed by atoms with Crippen LogP contribution in [-0.2, 0) is 9.84 Å². The first-order valence-corrected chi connectivity index (χ1v) is 9.55. The third-order valence-electron chi connectivity index (χ3n) is 3.27. The second-order valence-corrected chi connectivity index (χ2v) is 9.27. The van der Waals surface area contributed by atoms with Crippen LogP contribution in [-0.4, -0.2) is 54.7 Å². The molecule has 0 radical (unpaired) electrons. The van der Waals surface area contributed by atoms with Gasteiger partial charge in [0.1, 0.15) is 9.84 Å². The maximum Gasteiger partial charge on any atom is 0.148 e. The van der Waals surface area contributed by atoms with Crippen molar-refractivity contribution in [3.63, 3.8) is 0 Å². The van der Waals surface area contributed by atoms with E-state index in [1.54, 1.807) is 11.8 Å². The Balaban J connectivity index is 2.39. The van der Waals surface area contributed by atoms with E-state index in [1.807, 2.05) is 0 Å². The van der Waals surface area contributed by atoms with Crippen molar-refractivity contribution in [2.45, 2.75) is 49.9 Å². The van der Waals surface area contributed by atoms with Crippen LogP contribution in [0.15, 0.2) is 0 Å². The second-order valence-electron chi connectivity index (χ2n) is 5.60. The molecule has 0 heterocycles. The molecule has 0 bridgehead atoms. The van der Waals surface area contributed by atoms with Crippen molar-refractivity contribution in [2.24, 2.45) is 0 Å². The summed E-state index contributed by atoms with van der Waals surface area (Å²) in [5.74, 6) is 0.907. The lowest BCUT2D eigenvalue weighted by Crippen LogP contribution is -2.49. The Morgan fingerprint density at radius 2 is 2.17 bits per heavy atom. The molecule has 0 aliphatic heterocycles. The van der Waals surface area contributed by atoms with E-state index in [0.717, 1.165) is 19.3 Å². The van der Waals surface area contributed by atoms with Gasteiger partial charge in [-0.25, -0.2) is 8.42 Å². The van der Waals surface area contributed by atoms with Gasteiger partial charge in [-0.15, -0.1) is 0 Å². The Kier molecular flexibility index (Phi) is 5.96. The van der Waals surface area contributed by atoms with E-state index >= 15 is 0 Å². The Bertz CT molecular complexity index is 356. The Morgan fingerprint density at radius 3 is 2.67 bits per heavy atom. The second kappa shape index (κ2) is 6.59. The Labute approximate surface area is 115 Å². The summed E-state index contributed by atoms with van der Waals surface area (Å²) < 4.78 is 22.1. The van der Waals surface area contributed by atoms with Crippen LogP contribution in [0.2, 0.25) is 0 Å². The van der Waals surface area contributed by atoms with Crippen LogP contribution in [0.25, 0.3) is 0 Å². The molecule has 1 aliphatic carbocycles. The molecule has 1 fully saturated rings. The van der Waals surface area contributed by atoms with E-state index in [2.05, 4.69) is 19.2 Å². The highest BCUT2D eigenvalue weighted by molar-refractivity contribution is 8.01. The van der Waals surface area contributed by atoms with Gasteiger partial charge >= 0.3 is 0 Å². The summed E-state index contributed by atoms with van der Waals surface area (Å²) in [6.45, 7) is 4.33. The highest BCUT2D eigenvalue weighted by Crippen LogP contribution is 2.37. The van der Waals surface area contributed by atoms with Crippen molar-refractivity contribution in [1.82, 2.24) is 5.32 Å². The Morgan fingerprint density at radius 1 is 1.50 bits per heavy atom. The van der Waals surface area contributed by atoms with Crippen molar-refractivity contribution >= 4 is 21.6 Å². The molecule has 1 rings (SSSR count). The third-order valence-corrected chi connectivity index (χ3v) is 5.79. The summed E-state index contributed by atoms with van der Waals surface area (Å²) in [6, 6.07) is 0.358. The number of nitrogens with one attached hydrogen (secondary N) is 1. The van der Waals surface area contributed by atoms with Gasteiger partial charge in [-0.1, -0.05) is 13.8 Å². The molecule has 0 amide bonds. The molecular formula is C12H25NO3S2. The van der Waals surface area contributed by atoms with Crippen molar-refractivity contribution in [1.29, 1.82) is 0 Å². The average molecular weight is 295 g/mol. The molecule has 1 saturated carbocycles. The molecule has 0 aromatic heterocycles. The summed E-state index contributed by atoms with van der Waals surface area (Å²) in [5, 5.41) is 13.5. The predicted octanol–water partition coefficient (Wildman–Crippen LogP) is 1.05. The minimum Gasteiger partial charge on any atom is -0.394 e. The highest BCUT2D eigenvalue weighted by Gasteiger charge is 2.38. The summed E-state index contributed by atoms with van der Waals surface area (Å²) in [4.78, 5) is 0. The smallest absolute Gasteiger partial charge is 0.148 e. The lowest BCUT2D eigenvalue weighted by molar-refractivity contribution is 0.156. The molecule has 2 N–H and O–H groups in total. The van der Waals surface area contributed by atoms with Gasteiger partial charge in [0.25, 0.3) is 0 Å². The molecule has 2 unspecified atom stereocenters. The fourth-order valence-electron chi connectivity index (χ4n) is 2.52. The fraction of sp³-hybridized carbons (Fsp3) is 1.00. The van der Waals surface area contributed by atoms with Crippen LogP contribution in [0.5, 0.6) is 0 Å². The summed E-state index contributed by atoms with van der Waals surface area (Å²) in [5.41, 5.74) is -0.156. The molecule has 18 heavy (non-hydrogen) atoms. The van der Waals surface area contributed by atoms with E-state index in [1.165, 1.54) is 6.26 Å². The molecule has 0 spiro atoms. The van der Waals surface area contributed by atoms with Crippen LogP contribution in [0.3, 0.4) is 0 Å². The third kappa shape index (κ3) is 5.47. The van der Waals surface area contributed by atoms with E-state index in [9.17, 15) is 13.5 Å². The lowest BCUT2D eigenvalue weighted by Gasteiger charge is -2.31. The van der Waals surface area contributed by atoms with Gasteiger partial charge in [-0.05, 0) is 19.3 Å². The minimum absolute atomic E-state index is 0.156. The highest BCUT2D eigenvalue weighted by atomic mass is 32.2. The van der Waals surface area contributed by atoms with Gasteiger partial charge in [-0.2, -0.15) is 11.8 Å². The molecular weight excluding hydrogens is 270 g/mol. The first-order chi connectivity index (χ1) is 8.26. The van der Waals surface area contributed by atoms with Crippen molar-refractivity contribution in [3.8, 4) is 0 Å². The fourth-order valence-corrected chi connectivity index (χ4v) is 5.17. The number of hydrogen-bond acceptors (Lipinski definition) is 5. The maximum atomic E-state index is 11.1. The van der Waals surface area contributed by atoms with E-state index in [-0.39, 0.29) is 17.9 Å². The summed E-state index contributed by atoms with van der Waals surface area (Å²) in [6.07, 6.45) is 4.23. The monoisotopic (exact) mass is 295 g/mol. The SMILES string of the molecule is CC(C)NC1(CO)CCC(SCCS(C)(=O)=O)C1. The zero-order valence-corrected chi connectivity index (χ0v) is 13.1. The number of aliphatic hydroxyl groups is 1. The first kappa shape index (κ1) is 16.3. The topological polar surface area (TPSA) is 66.4 Å². The van der Waals surface area contributed by atoms with Gasteiger partial charge in [0.05, 0.1) is 12.4 Å². The number of sulfone groups is 1. The van der Waals surface area contributed by atoms with Gasteiger partial charge < -0.3 is 10.4 Å². The number of hydrogen-bond donors (Lipinski definition) is 2. The normalized spacial score (nSPS) is 29.1. The van der Waals surface area contributed by atoms with E-state index < -0.39 is 9.84 Å². The number of rotatable bonds is 7. The molecule has 6 heteroatoms. The maximum absolute atomic E-state index is 11.1. The van der Waals surface area contributed by atoms with Crippen molar-refractivity contribution < 1.29 is 13.5 Å². The average Bonchev–Trinajstić information content (AvgIpc) is 2.59. The largest absolute Gasteiger partial charge is 0.394 e. The Hall–Kier alpha value is 0.220. The van der Waals surface area contributed by atoms with Crippen molar-refractivity contribution in [3.05, 3.63) is 0 Å². The van der Waals surface area contributed by atoms with Crippen LogP contribution >= 0.6 is 11.8 Å². The van der Waals surface area contributed by atoms with Gasteiger partial charge in [0, 0.05) is 28.8 Å².